The van der Waals surface area contributed by atoms with E-state index in [-0.39, 0.29) is 5.78 Å². The first-order valence-corrected chi connectivity index (χ1v) is 3.78. The van der Waals surface area contributed by atoms with E-state index in [4.69, 9.17) is 0 Å². The fourth-order valence-corrected chi connectivity index (χ4v) is 1.18. The highest BCUT2D eigenvalue weighted by molar-refractivity contribution is 6.09. The van der Waals surface area contributed by atoms with Gasteiger partial charge in [0, 0.05) is 0 Å². The Balaban J connectivity index is 2.27. The van der Waals surface area contributed by atoms with Crippen LogP contribution in [0.1, 0.15) is 23.3 Å². The molecule has 1 N–H and O–H groups in total. The summed E-state index contributed by atoms with van der Waals surface area (Å²) < 4.78 is 0. The topological polar surface area (TPSA) is 62.8 Å². The second-order valence-corrected chi connectivity index (χ2v) is 3.07. The number of ketones is 1. The molecule has 1 fully saturated rings. The fourth-order valence-electron chi connectivity index (χ4n) is 1.18. The van der Waals surface area contributed by atoms with Crippen LogP contribution >= 0.6 is 0 Å². The average molecular weight is 164 g/mol. The van der Waals surface area contributed by atoms with Crippen molar-refractivity contribution in [3.8, 4) is 0 Å². The molecule has 0 atom stereocenters. The third-order valence-electron chi connectivity index (χ3n) is 2.21. The van der Waals surface area contributed by atoms with Crippen molar-refractivity contribution in [1.29, 1.82) is 0 Å². The molecule has 1 aromatic rings. The van der Waals surface area contributed by atoms with Gasteiger partial charge < -0.3 is 9.78 Å². The summed E-state index contributed by atoms with van der Waals surface area (Å²) in [7, 11) is 0. The number of nitrogens with zero attached hydrogens (tertiary/aromatic N) is 1. The molecule has 0 unspecified atom stereocenters. The number of carbonyl (C=O) groups is 2. The van der Waals surface area contributed by atoms with Crippen LogP contribution in [0.2, 0.25) is 0 Å². The summed E-state index contributed by atoms with van der Waals surface area (Å²) in [6.45, 7) is 0. The maximum Gasteiger partial charge on any atom is 0.193 e. The number of rotatable bonds is 3. The SMILES string of the molecule is O=CC1(C(=O)c2cnc[nH]2)CC1. The van der Waals surface area contributed by atoms with Crippen LogP contribution in [0.3, 0.4) is 0 Å². The van der Waals surface area contributed by atoms with Crippen molar-refractivity contribution in [2.75, 3.05) is 0 Å². The minimum Gasteiger partial charge on any atom is -0.342 e. The van der Waals surface area contributed by atoms with Crippen molar-refractivity contribution in [2.24, 2.45) is 5.41 Å². The lowest BCUT2D eigenvalue weighted by Gasteiger charge is -2.01. The van der Waals surface area contributed by atoms with Crippen molar-refractivity contribution in [2.45, 2.75) is 12.8 Å². The number of aromatic amines is 1. The summed E-state index contributed by atoms with van der Waals surface area (Å²) in [6, 6.07) is 0. The Bertz CT molecular complexity index is 312. The molecule has 0 amide bonds. The maximum atomic E-state index is 11.5. The Morgan fingerprint density at radius 3 is 2.83 bits per heavy atom. The van der Waals surface area contributed by atoms with E-state index in [2.05, 4.69) is 9.97 Å². The van der Waals surface area contributed by atoms with Gasteiger partial charge in [0.05, 0.1) is 17.9 Å². The average Bonchev–Trinajstić information content (AvgIpc) is 2.71. The molecule has 0 aromatic carbocycles. The molecule has 2 rings (SSSR count). The number of aromatic nitrogens is 2. The molecule has 1 saturated carbocycles. The highest BCUT2D eigenvalue weighted by Crippen LogP contribution is 2.45. The van der Waals surface area contributed by atoms with E-state index in [0.29, 0.717) is 18.5 Å². The number of aldehydes is 1. The monoisotopic (exact) mass is 164 g/mol. The van der Waals surface area contributed by atoms with Crippen LogP contribution in [0, 0.1) is 5.41 Å². The minimum atomic E-state index is -0.716. The standard InChI is InChI=1S/C8H8N2O2/c11-4-8(1-2-8)7(12)6-3-9-5-10-6/h3-5H,1-2H2,(H,9,10). The van der Waals surface area contributed by atoms with Crippen LogP contribution < -0.4 is 0 Å². The van der Waals surface area contributed by atoms with Crippen LogP contribution in [0.25, 0.3) is 0 Å². The van der Waals surface area contributed by atoms with Gasteiger partial charge in [-0.2, -0.15) is 0 Å². The lowest BCUT2D eigenvalue weighted by Crippen LogP contribution is -2.17. The van der Waals surface area contributed by atoms with Gasteiger partial charge in [0.15, 0.2) is 5.78 Å². The van der Waals surface area contributed by atoms with Crippen LogP contribution in [0.4, 0.5) is 0 Å². The van der Waals surface area contributed by atoms with Gasteiger partial charge in [0.1, 0.15) is 12.0 Å². The molecule has 4 nitrogen and oxygen atoms in total. The molecule has 0 aliphatic heterocycles. The summed E-state index contributed by atoms with van der Waals surface area (Å²) in [5.74, 6) is -0.130. The molecule has 1 aromatic heterocycles. The Kier molecular flexibility index (Phi) is 1.36. The summed E-state index contributed by atoms with van der Waals surface area (Å²) in [6.07, 6.45) is 4.99. The molecule has 62 valence electrons. The van der Waals surface area contributed by atoms with E-state index in [1.165, 1.54) is 12.5 Å². The molecule has 1 aliphatic rings. The first-order valence-electron chi connectivity index (χ1n) is 3.78. The Hall–Kier alpha value is -1.45. The first kappa shape index (κ1) is 7.21. The normalized spacial score (nSPS) is 18.7. The number of hydrogen-bond acceptors (Lipinski definition) is 3. The Morgan fingerprint density at radius 2 is 2.42 bits per heavy atom. The lowest BCUT2D eigenvalue weighted by molar-refractivity contribution is -0.110. The highest BCUT2D eigenvalue weighted by atomic mass is 16.1. The van der Waals surface area contributed by atoms with E-state index in [0.717, 1.165) is 6.29 Å². The van der Waals surface area contributed by atoms with Gasteiger partial charge in [-0.1, -0.05) is 0 Å². The van der Waals surface area contributed by atoms with Gasteiger partial charge in [0.25, 0.3) is 0 Å². The largest absolute Gasteiger partial charge is 0.342 e. The number of hydrogen-bond donors (Lipinski definition) is 1. The molecule has 0 saturated heterocycles. The van der Waals surface area contributed by atoms with Crippen LogP contribution in [-0.4, -0.2) is 22.0 Å². The van der Waals surface area contributed by atoms with E-state index >= 15 is 0 Å². The Labute approximate surface area is 69.0 Å². The van der Waals surface area contributed by atoms with Gasteiger partial charge in [-0.05, 0) is 12.8 Å². The van der Waals surface area contributed by atoms with Crippen molar-refractivity contribution >= 4 is 12.1 Å². The predicted molar refractivity (Wildman–Crippen MR) is 40.6 cm³/mol. The number of carbonyl (C=O) groups excluding carboxylic acids is 2. The summed E-state index contributed by atoms with van der Waals surface area (Å²) in [4.78, 5) is 28.5. The lowest BCUT2D eigenvalue weighted by atomic mass is 10.0. The maximum absolute atomic E-state index is 11.5. The first-order chi connectivity index (χ1) is 5.78. The third-order valence-corrected chi connectivity index (χ3v) is 2.21. The molecule has 0 spiro atoms. The second kappa shape index (κ2) is 2.27. The smallest absolute Gasteiger partial charge is 0.193 e. The zero-order valence-corrected chi connectivity index (χ0v) is 6.41. The predicted octanol–water partition coefficient (Wildman–Crippen LogP) is 0.571. The van der Waals surface area contributed by atoms with Crippen molar-refractivity contribution in [3.63, 3.8) is 0 Å². The summed E-state index contributed by atoms with van der Waals surface area (Å²) >= 11 is 0. The number of imidazole rings is 1. The van der Waals surface area contributed by atoms with E-state index < -0.39 is 5.41 Å². The summed E-state index contributed by atoms with van der Waals surface area (Å²) in [5.41, 5.74) is -0.286. The van der Waals surface area contributed by atoms with Gasteiger partial charge >= 0.3 is 0 Å². The van der Waals surface area contributed by atoms with E-state index in [9.17, 15) is 9.59 Å². The molecule has 0 radical (unpaired) electrons. The molecule has 1 aliphatic carbocycles. The van der Waals surface area contributed by atoms with Crippen molar-refractivity contribution < 1.29 is 9.59 Å². The summed E-state index contributed by atoms with van der Waals surface area (Å²) in [5, 5.41) is 0. The van der Waals surface area contributed by atoms with Crippen molar-refractivity contribution in [1.82, 2.24) is 9.97 Å². The van der Waals surface area contributed by atoms with E-state index in [1.54, 1.807) is 0 Å². The highest BCUT2D eigenvalue weighted by Gasteiger charge is 2.50. The van der Waals surface area contributed by atoms with Gasteiger partial charge in [-0.3, -0.25) is 4.79 Å². The van der Waals surface area contributed by atoms with E-state index in [1.807, 2.05) is 0 Å². The van der Waals surface area contributed by atoms with Crippen LogP contribution in [-0.2, 0) is 4.79 Å². The third kappa shape index (κ3) is 0.879. The van der Waals surface area contributed by atoms with Gasteiger partial charge in [-0.15, -0.1) is 0 Å². The van der Waals surface area contributed by atoms with Gasteiger partial charge in [0.2, 0.25) is 0 Å². The zero-order valence-electron chi connectivity index (χ0n) is 6.41. The van der Waals surface area contributed by atoms with Crippen LogP contribution in [0.15, 0.2) is 12.5 Å². The quantitative estimate of drug-likeness (QED) is 0.403. The molecule has 1 heterocycles. The van der Waals surface area contributed by atoms with Crippen molar-refractivity contribution in [3.05, 3.63) is 18.2 Å². The second-order valence-electron chi connectivity index (χ2n) is 3.07. The van der Waals surface area contributed by atoms with Crippen LogP contribution in [0.5, 0.6) is 0 Å². The molecule has 12 heavy (non-hydrogen) atoms. The number of nitrogens with one attached hydrogen (secondary N) is 1. The molecule has 0 bridgehead atoms. The van der Waals surface area contributed by atoms with Gasteiger partial charge in [-0.25, -0.2) is 4.98 Å². The molecular weight excluding hydrogens is 156 g/mol. The Morgan fingerprint density at radius 1 is 1.67 bits per heavy atom. The molecule has 4 heteroatoms. The fraction of sp³-hybridized carbons (Fsp3) is 0.375. The number of Topliss-reactive ketones (excluding diaryl/α,β-unsaturated/α-hetero) is 1. The zero-order chi connectivity index (χ0) is 8.60. The molecular formula is C8H8N2O2. The minimum absolute atomic E-state index is 0.130. The number of H-pyrrole nitrogens is 1.